The molecule has 0 N–H and O–H groups in total. The van der Waals surface area contributed by atoms with E-state index in [1.54, 1.807) is 25.1 Å². The van der Waals surface area contributed by atoms with Crippen LogP contribution in [0, 0.1) is 6.92 Å². The fourth-order valence-electron chi connectivity index (χ4n) is 1.31. The Balaban J connectivity index is 2.51. The van der Waals surface area contributed by atoms with Crippen LogP contribution in [0.1, 0.15) is 15.9 Å². The van der Waals surface area contributed by atoms with Crippen LogP contribution in [0.15, 0.2) is 24.3 Å². The number of hydrogen-bond acceptors (Lipinski definition) is 2. The fraction of sp³-hybridized carbons (Fsp3) is 0.417. The van der Waals surface area contributed by atoms with Crippen molar-refractivity contribution < 1.29 is 27.1 Å². The maximum Gasteiger partial charge on any atom is 0.330 e. The molecule has 18 heavy (non-hydrogen) atoms. The highest BCUT2D eigenvalue weighted by Gasteiger charge is 2.41. The van der Waals surface area contributed by atoms with E-state index in [4.69, 9.17) is 0 Å². The van der Waals surface area contributed by atoms with Crippen LogP contribution in [0.5, 0.6) is 0 Å². The Morgan fingerprint density at radius 1 is 1.33 bits per heavy atom. The maximum atomic E-state index is 12.5. The summed E-state index contributed by atoms with van der Waals surface area (Å²) in [5.74, 6) is -4.75. The molecule has 0 radical (unpaired) electrons. The Morgan fingerprint density at radius 3 is 2.50 bits per heavy atom. The number of ketones is 1. The summed E-state index contributed by atoms with van der Waals surface area (Å²) in [4.78, 5) is 11.6. The molecule has 1 rings (SSSR count). The summed E-state index contributed by atoms with van der Waals surface area (Å²) < 4.78 is 53.0. The third-order valence-electron chi connectivity index (χ3n) is 2.29. The molecule has 0 unspecified atom stereocenters. The lowest BCUT2D eigenvalue weighted by atomic mass is 10.1. The number of benzene rings is 1. The first-order chi connectivity index (χ1) is 8.34. The molecule has 0 heterocycles. The van der Waals surface area contributed by atoms with Crippen molar-refractivity contribution in [1.82, 2.24) is 0 Å². The standard InChI is InChI=1S/C12H12F4O2/c1-8-4-2-3-5-9(8)10(17)6-18-7-12(15,16)11(13)14/h2-5,11H,6-7H2,1H3. The smallest absolute Gasteiger partial charge is 0.330 e. The molecule has 1 aromatic rings. The molecule has 100 valence electrons. The van der Waals surface area contributed by atoms with Gasteiger partial charge in [-0.1, -0.05) is 24.3 Å². The third-order valence-corrected chi connectivity index (χ3v) is 2.29. The van der Waals surface area contributed by atoms with Gasteiger partial charge in [0.1, 0.15) is 13.2 Å². The van der Waals surface area contributed by atoms with Crippen LogP contribution in [-0.4, -0.2) is 31.3 Å². The summed E-state index contributed by atoms with van der Waals surface area (Å²) >= 11 is 0. The predicted octanol–water partition coefficient (Wildman–Crippen LogP) is 3.09. The molecule has 0 saturated heterocycles. The maximum absolute atomic E-state index is 12.5. The first-order valence-electron chi connectivity index (χ1n) is 5.17. The minimum absolute atomic E-state index is 0.331. The number of ether oxygens (including phenoxy) is 1. The van der Waals surface area contributed by atoms with Crippen molar-refractivity contribution in [2.75, 3.05) is 13.2 Å². The number of aryl methyl sites for hydroxylation is 1. The van der Waals surface area contributed by atoms with Gasteiger partial charge < -0.3 is 4.74 Å². The lowest BCUT2D eigenvalue weighted by Gasteiger charge is -2.14. The molecule has 1 aromatic carbocycles. The summed E-state index contributed by atoms with van der Waals surface area (Å²) in [6, 6.07) is 6.54. The number of rotatable bonds is 6. The van der Waals surface area contributed by atoms with Crippen molar-refractivity contribution in [3.05, 3.63) is 35.4 Å². The van der Waals surface area contributed by atoms with Gasteiger partial charge in [-0.05, 0) is 12.5 Å². The minimum Gasteiger partial charge on any atom is -0.367 e. The van der Waals surface area contributed by atoms with Crippen molar-refractivity contribution in [2.24, 2.45) is 0 Å². The SMILES string of the molecule is Cc1ccccc1C(=O)COCC(F)(F)C(F)F. The molecule has 0 aliphatic carbocycles. The van der Waals surface area contributed by atoms with Gasteiger partial charge in [0.05, 0.1) is 0 Å². The van der Waals surface area contributed by atoms with Crippen LogP contribution in [-0.2, 0) is 4.74 Å². The zero-order valence-corrected chi connectivity index (χ0v) is 9.63. The van der Waals surface area contributed by atoms with Gasteiger partial charge in [0.2, 0.25) is 0 Å². The van der Waals surface area contributed by atoms with Crippen LogP contribution in [0.25, 0.3) is 0 Å². The number of halogens is 4. The minimum atomic E-state index is -4.23. The largest absolute Gasteiger partial charge is 0.367 e. The molecule has 6 heteroatoms. The molecule has 0 aliphatic heterocycles. The molecule has 0 amide bonds. The van der Waals surface area contributed by atoms with E-state index in [0.29, 0.717) is 11.1 Å². The summed E-state index contributed by atoms with van der Waals surface area (Å²) in [5.41, 5.74) is 1.00. The van der Waals surface area contributed by atoms with E-state index in [0.717, 1.165) is 0 Å². The monoisotopic (exact) mass is 264 g/mol. The fourth-order valence-corrected chi connectivity index (χ4v) is 1.31. The predicted molar refractivity (Wildman–Crippen MR) is 57.3 cm³/mol. The molecular weight excluding hydrogens is 252 g/mol. The van der Waals surface area contributed by atoms with Gasteiger partial charge in [-0.25, -0.2) is 8.78 Å². The Morgan fingerprint density at radius 2 is 1.94 bits per heavy atom. The van der Waals surface area contributed by atoms with E-state index in [1.807, 2.05) is 0 Å². The summed E-state index contributed by atoms with van der Waals surface area (Å²) in [5, 5.41) is 0. The Hall–Kier alpha value is -1.43. The Labute approximate surface area is 102 Å². The number of alkyl halides is 4. The van der Waals surface area contributed by atoms with Crippen molar-refractivity contribution in [3.8, 4) is 0 Å². The van der Waals surface area contributed by atoms with Crippen LogP contribution in [0.2, 0.25) is 0 Å². The van der Waals surface area contributed by atoms with Crippen molar-refractivity contribution in [2.45, 2.75) is 19.3 Å². The Bertz CT molecular complexity index is 418. The summed E-state index contributed by atoms with van der Waals surface area (Å²) in [7, 11) is 0. The molecule has 2 nitrogen and oxygen atoms in total. The van der Waals surface area contributed by atoms with Crippen LogP contribution >= 0.6 is 0 Å². The normalized spacial score (nSPS) is 11.9. The molecule has 0 fully saturated rings. The number of carbonyl (C=O) groups excluding carboxylic acids is 1. The van der Waals surface area contributed by atoms with Gasteiger partial charge >= 0.3 is 12.3 Å². The molecule has 0 aliphatic rings. The van der Waals surface area contributed by atoms with E-state index in [-0.39, 0.29) is 0 Å². The number of hydrogen-bond donors (Lipinski definition) is 0. The van der Waals surface area contributed by atoms with Crippen molar-refractivity contribution in [1.29, 1.82) is 0 Å². The first kappa shape index (κ1) is 14.6. The van der Waals surface area contributed by atoms with E-state index >= 15 is 0 Å². The van der Waals surface area contributed by atoms with Gasteiger partial charge in [-0.15, -0.1) is 0 Å². The molecule has 0 saturated carbocycles. The highest BCUT2D eigenvalue weighted by Crippen LogP contribution is 2.22. The highest BCUT2D eigenvalue weighted by atomic mass is 19.3. The lowest BCUT2D eigenvalue weighted by molar-refractivity contribution is -0.163. The summed E-state index contributed by atoms with van der Waals surface area (Å²) in [6.45, 7) is -0.434. The zero-order valence-electron chi connectivity index (χ0n) is 9.63. The average Bonchev–Trinajstić information content (AvgIpc) is 2.29. The first-order valence-corrected chi connectivity index (χ1v) is 5.17. The van der Waals surface area contributed by atoms with E-state index in [9.17, 15) is 22.4 Å². The van der Waals surface area contributed by atoms with Gasteiger partial charge in [-0.3, -0.25) is 4.79 Å². The van der Waals surface area contributed by atoms with Crippen molar-refractivity contribution in [3.63, 3.8) is 0 Å². The van der Waals surface area contributed by atoms with Gasteiger partial charge in [0.15, 0.2) is 5.78 Å². The lowest BCUT2D eigenvalue weighted by Crippen LogP contribution is -2.33. The number of Topliss-reactive ketones (excluding diaryl/α,β-unsaturated/α-hetero) is 1. The number of carbonyl (C=O) groups is 1. The van der Waals surface area contributed by atoms with Crippen molar-refractivity contribution >= 4 is 5.78 Å². The quantitative estimate of drug-likeness (QED) is 0.583. The molecule has 0 spiro atoms. The summed E-state index contributed by atoms with van der Waals surface area (Å²) in [6.07, 6.45) is -3.80. The van der Waals surface area contributed by atoms with Crippen LogP contribution < -0.4 is 0 Å². The van der Waals surface area contributed by atoms with Gasteiger partial charge in [-0.2, -0.15) is 8.78 Å². The third kappa shape index (κ3) is 3.80. The second-order valence-electron chi connectivity index (χ2n) is 3.79. The van der Waals surface area contributed by atoms with Gasteiger partial charge in [0, 0.05) is 5.56 Å². The molecule has 0 bridgehead atoms. The zero-order chi connectivity index (χ0) is 13.8. The molecule has 0 atom stereocenters. The van der Waals surface area contributed by atoms with Crippen LogP contribution in [0.3, 0.4) is 0 Å². The van der Waals surface area contributed by atoms with E-state index in [2.05, 4.69) is 4.74 Å². The molecular formula is C12H12F4O2. The van der Waals surface area contributed by atoms with Gasteiger partial charge in [0.25, 0.3) is 0 Å². The van der Waals surface area contributed by atoms with E-state index < -0.39 is 31.3 Å². The molecule has 0 aromatic heterocycles. The second-order valence-corrected chi connectivity index (χ2v) is 3.79. The topological polar surface area (TPSA) is 26.3 Å². The van der Waals surface area contributed by atoms with Crippen LogP contribution in [0.4, 0.5) is 17.6 Å². The second kappa shape index (κ2) is 5.95. The Kier molecular flexibility index (Phi) is 4.84. The highest BCUT2D eigenvalue weighted by molar-refractivity contribution is 5.98. The van der Waals surface area contributed by atoms with E-state index in [1.165, 1.54) is 6.07 Å². The average molecular weight is 264 g/mol.